The van der Waals surface area contributed by atoms with Gasteiger partial charge in [0.25, 0.3) is 0 Å². The van der Waals surface area contributed by atoms with Gasteiger partial charge < -0.3 is 11.5 Å². The molecule has 0 bridgehead atoms. The first-order valence-electron chi connectivity index (χ1n) is 9.54. The van der Waals surface area contributed by atoms with Crippen molar-refractivity contribution in [2.45, 2.75) is 0 Å². The number of anilines is 2. The third kappa shape index (κ3) is 3.59. The summed E-state index contributed by atoms with van der Waals surface area (Å²) in [5.41, 5.74) is 15.9. The van der Waals surface area contributed by atoms with Crippen LogP contribution in [-0.2, 0) is 0 Å². The van der Waals surface area contributed by atoms with Gasteiger partial charge in [-0.15, -0.1) is 0 Å². The Bertz CT molecular complexity index is 1220. The van der Waals surface area contributed by atoms with Crippen LogP contribution in [0.3, 0.4) is 0 Å². The van der Waals surface area contributed by atoms with Crippen LogP contribution in [0.1, 0.15) is 31.8 Å². The van der Waals surface area contributed by atoms with Crippen LogP contribution in [0.25, 0.3) is 11.1 Å². The minimum atomic E-state index is -0.287. The Morgan fingerprint density at radius 2 is 1.03 bits per heavy atom. The molecule has 4 heteroatoms. The van der Waals surface area contributed by atoms with Crippen molar-refractivity contribution in [2.24, 2.45) is 0 Å². The summed E-state index contributed by atoms with van der Waals surface area (Å²) in [6.45, 7) is 0. The van der Waals surface area contributed by atoms with Gasteiger partial charge in [0.15, 0.2) is 11.6 Å². The van der Waals surface area contributed by atoms with E-state index in [1.165, 1.54) is 0 Å². The number of rotatable bonds is 5. The minimum Gasteiger partial charge on any atom is -0.399 e. The molecule has 4 aromatic rings. The topological polar surface area (TPSA) is 86.2 Å². The molecule has 0 saturated heterocycles. The number of hydrogen-bond acceptors (Lipinski definition) is 4. The summed E-state index contributed by atoms with van der Waals surface area (Å²) in [4.78, 5) is 27.0. The fourth-order valence-electron chi connectivity index (χ4n) is 3.47. The maximum Gasteiger partial charge on any atom is 0.195 e. The highest BCUT2D eigenvalue weighted by Crippen LogP contribution is 2.33. The van der Waals surface area contributed by atoms with Crippen molar-refractivity contribution in [3.05, 3.63) is 119 Å². The fraction of sp³-hybridized carbons (Fsp3) is 0. The second-order valence-corrected chi connectivity index (χ2v) is 6.96. The SMILES string of the molecule is Nc1ccc(-c2ccc(N)c(C(=O)c3ccccc3)c2C(=O)c2ccccc2)cc1. The number of benzene rings is 4. The molecule has 0 fully saturated rings. The van der Waals surface area contributed by atoms with Gasteiger partial charge in [-0.1, -0.05) is 78.9 Å². The molecular formula is C26H20N2O2. The van der Waals surface area contributed by atoms with E-state index in [9.17, 15) is 9.59 Å². The monoisotopic (exact) mass is 392 g/mol. The zero-order valence-corrected chi connectivity index (χ0v) is 16.2. The molecule has 4 nitrogen and oxygen atoms in total. The average Bonchev–Trinajstić information content (AvgIpc) is 2.80. The average molecular weight is 392 g/mol. The van der Waals surface area contributed by atoms with Crippen LogP contribution in [0, 0.1) is 0 Å². The first-order valence-corrected chi connectivity index (χ1v) is 9.54. The van der Waals surface area contributed by atoms with Crippen LogP contribution in [-0.4, -0.2) is 11.6 Å². The number of carbonyl (C=O) groups excluding carboxylic acids is 2. The lowest BCUT2D eigenvalue weighted by Crippen LogP contribution is -2.15. The number of nitrogens with two attached hydrogens (primary N) is 2. The van der Waals surface area contributed by atoms with Gasteiger partial charge in [-0.3, -0.25) is 9.59 Å². The van der Waals surface area contributed by atoms with Gasteiger partial charge in [0.1, 0.15) is 0 Å². The number of nitrogen functional groups attached to an aromatic ring is 2. The third-order valence-corrected chi connectivity index (χ3v) is 4.99. The lowest BCUT2D eigenvalue weighted by Gasteiger charge is -2.16. The van der Waals surface area contributed by atoms with Crippen molar-refractivity contribution in [1.82, 2.24) is 0 Å². The Kier molecular flexibility index (Phi) is 5.14. The van der Waals surface area contributed by atoms with Crippen LogP contribution in [0.2, 0.25) is 0 Å². The van der Waals surface area contributed by atoms with Gasteiger partial charge >= 0.3 is 0 Å². The molecule has 0 radical (unpaired) electrons. The van der Waals surface area contributed by atoms with Crippen LogP contribution in [0.4, 0.5) is 11.4 Å². The Morgan fingerprint density at radius 1 is 0.533 bits per heavy atom. The minimum absolute atomic E-state index is 0.212. The number of hydrogen-bond donors (Lipinski definition) is 2. The molecule has 4 aromatic carbocycles. The second-order valence-electron chi connectivity index (χ2n) is 6.96. The fourth-order valence-corrected chi connectivity index (χ4v) is 3.47. The predicted molar refractivity (Wildman–Crippen MR) is 120 cm³/mol. The van der Waals surface area contributed by atoms with E-state index in [4.69, 9.17) is 11.5 Å². The van der Waals surface area contributed by atoms with Crippen molar-refractivity contribution < 1.29 is 9.59 Å². The molecule has 0 aliphatic rings. The van der Waals surface area contributed by atoms with Gasteiger partial charge in [0.05, 0.1) is 5.56 Å². The third-order valence-electron chi connectivity index (χ3n) is 4.99. The van der Waals surface area contributed by atoms with Gasteiger partial charge in [-0.25, -0.2) is 0 Å². The molecule has 146 valence electrons. The maximum atomic E-state index is 13.6. The van der Waals surface area contributed by atoms with E-state index < -0.39 is 0 Å². The molecule has 0 unspecified atom stereocenters. The molecule has 0 aliphatic heterocycles. The van der Waals surface area contributed by atoms with Crippen molar-refractivity contribution >= 4 is 22.9 Å². The summed E-state index contributed by atoms with van der Waals surface area (Å²) in [5.74, 6) is -0.543. The lowest BCUT2D eigenvalue weighted by molar-refractivity contribution is 0.100. The molecule has 0 heterocycles. The summed E-state index contributed by atoms with van der Waals surface area (Å²) in [6.07, 6.45) is 0. The van der Waals surface area contributed by atoms with E-state index in [0.29, 0.717) is 27.9 Å². The molecule has 0 aromatic heterocycles. The normalized spacial score (nSPS) is 10.5. The molecule has 0 aliphatic carbocycles. The Labute approximate surface area is 174 Å². The first-order chi connectivity index (χ1) is 14.6. The Morgan fingerprint density at radius 3 is 1.57 bits per heavy atom. The van der Waals surface area contributed by atoms with E-state index in [0.717, 1.165) is 5.56 Å². The van der Waals surface area contributed by atoms with Crippen LogP contribution in [0.15, 0.2) is 97.1 Å². The van der Waals surface area contributed by atoms with E-state index in [-0.39, 0.29) is 22.8 Å². The van der Waals surface area contributed by atoms with Crippen molar-refractivity contribution in [1.29, 1.82) is 0 Å². The largest absolute Gasteiger partial charge is 0.399 e. The van der Waals surface area contributed by atoms with Crippen molar-refractivity contribution in [3.63, 3.8) is 0 Å². The Balaban J connectivity index is 1.99. The molecule has 0 atom stereocenters. The highest BCUT2D eigenvalue weighted by Gasteiger charge is 2.26. The zero-order chi connectivity index (χ0) is 21.1. The van der Waals surface area contributed by atoms with E-state index in [1.54, 1.807) is 72.8 Å². The van der Waals surface area contributed by atoms with Crippen LogP contribution < -0.4 is 11.5 Å². The number of carbonyl (C=O) groups is 2. The summed E-state index contributed by atoms with van der Waals surface area (Å²) >= 11 is 0. The van der Waals surface area contributed by atoms with E-state index >= 15 is 0 Å². The number of ketones is 2. The first kappa shape index (κ1) is 19.2. The van der Waals surface area contributed by atoms with E-state index in [1.807, 2.05) is 24.3 Å². The van der Waals surface area contributed by atoms with Gasteiger partial charge in [-0.2, -0.15) is 0 Å². The molecule has 4 N–H and O–H groups in total. The molecule has 0 saturated carbocycles. The lowest BCUT2D eigenvalue weighted by atomic mass is 9.86. The quantitative estimate of drug-likeness (QED) is 0.370. The summed E-state index contributed by atoms with van der Waals surface area (Å²) in [5, 5.41) is 0. The smallest absolute Gasteiger partial charge is 0.195 e. The summed E-state index contributed by atoms with van der Waals surface area (Å²) in [6, 6.07) is 28.4. The predicted octanol–water partition coefficient (Wildman–Crippen LogP) is 4.98. The van der Waals surface area contributed by atoms with Crippen molar-refractivity contribution in [3.8, 4) is 11.1 Å². The standard InChI is InChI=1S/C26H20N2O2/c27-20-13-11-17(12-14-20)21-15-16-22(28)24(26(30)19-9-5-2-6-10-19)23(21)25(29)18-7-3-1-4-8-18/h1-16H,27-28H2. The Hall–Kier alpha value is -4.18. The molecule has 0 amide bonds. The summed E-state index contributed by atoms with van der Waals surface area (Å²) < 4.78 is 0. The highest BCUT2D eigenvalue weighted by atomic mass is 16.1. The van der Waals surface area contributed by atoms with Crippen molar-refractivity contribution in [2.75, 3.05) is 11.5 Å². The van der Waals surface area contributed by atoms with Crippen LogP contribution in [0.5, 0.6) is 0 Å². The van der Waals surface area contributed by atoms with Gasteiger partial charge in [0.2, 0.25) is 0 Å². The maximum absolute atomic E-state index is 13.6. The van der Waals surface area contributed by atoms with Gasteiger partial charge in [-0.05, 0) is 29.3 Å². The highest BCUT2D eigenvalue weighted by molar-refractivity contribution is 6.24. The summed E-state index contributed by atoms with van der Waals surface area (Å²) in [7, 11) is 0. The molecule has 30 heavy (non-hydrogen) atoms. The van der Waals surface area contributed by atoms with Crippen LogP contribution >= 0.6 is 0 Å². The second kappa shape index (κ2) is 8.05. The molecule has 0 spiro atoms. The van der Waals surface area contributed by atoms with E-state index in [2.05, 4.69) is 0 Å². The molecule has 4 rings (SSSR count). The van der Waals surface area contributed by atoms with Gasteiger partial charge in [0, 0.05) is 28.1 Å². The molecular weight excluding hydrogens is 372 g/mol. The zero-order valence-electron chi connectivity index (χ0n) is 16.2.